The van der Waals surface area contributed by atoms with E-state index in [2.05, 4.69) is 28.7 Å². The lowest BCUT2D eigenvalue weighted by Gasteiger charge is -2.02. The van der Waals surface area contributed by atoms with Crippen LogP contribution in [-0.2, 0) is 4.74 Å². The van der Waals surface area contributed by atoms with E-state index in [4.69, 9.17) is 4.74 Å². The van der Waals surface area contributed by atoms with E-state index in [1.54, 1.807) is 12.1 Å². The number of hydrogen-bond donors (Lipinski definition) is 0. The van der Waals surface area contributed by atoms with E-state index in [0.717, 1.165) is 12.8 Å². The molecule has 0 saturated heterocycles. The largest absolute Gasteiger partial charge is 0.462 e. The van der Waals surface area contributed by atoms with Crippen LogP contribution in [0.3, 0.4) is 0 Å². The van der Waals surface area contributed by atoms with Crippen molar-refractivity contribution in [2.75, 3.05) is 6.61 Å². The van der Waals surface area contributed by atoms with Gasteiger partial charge in [-0.05, 0) is 29.1 Å². The second kappa shape index (κ2) is 7.45. The minimum absolute atomic E-state index is 0.242. The average molecular weight is 316 g/mol. The second-order valence-electron chi connectivity index (χ2n) is 3.01. The Hall–Kier alpha value is -0.840. The van der Waals surface area contributed by atoms with Crippen LogP contribution < -0.4 is 0 Å². The minimum Gasteiger partial charge on any atom is -0.462 e. The van der Waals surface area contributed by atoms with Crippen LogP contribution in [0.4, 0.5) is 0 Å². The molecule has 1 aromatic rings. The van der Waals surface area contributed by atoms with Crippen molar-refractivity contribution in [3.05, 3.63) is 46.1 Å². The van der Waals surface area contributed by atoms with Crippen LogP contribution in [0.1, 0.15) is 23.2 Å². The van der Waals surface area contributed by atoms with Gasteiger partial charge in [-0.25, -0.2) is 4.79 Å². The molecule has 3 heteroatoms. The van der Waals surface area contributed by atoms with Crippen molar-refractivity contribution in [3.8, 4) is 0 Å². The fraction of sp³-hybridized carbons (Fsp3) is 0.250. The van der Waals surface area contributed by atoms with Crippen LogP contribution in [0.15, 0.2) is 40.5 Å². The third-order valence-electron chi connectivity index (χ3n) is 1.85. The number of rotatable bonds is 5. The van der Waals surface area contributed by atoms with Crippen molar-refractivity contribution in [2.45, 2.75) is 12.8 Å². The molecule has 0 amide bonds. The Kier molecular flexibility index (Phi) is 6.08. The van der Waals surface area contributed by atoms with Crippen molar-refractivity contribution in [2.24, 2.45) is 0 Å². The Labute approximate surface area is 103 Å². The molecule has 0 bridgehead atoms. The monoisotopic (exact) mass is 316 g/mol. The molecule has 1 aromatic carbocycles. The Bertz CT molecular complexity index is 320. The van der Waals surface area contributed by atoms with E-state index in [-0.39, 0.29) is 5.97 Å². The molecule has 0 fully saturated rings. The number of ether oxygens (including phenoxy) is 1. The van der Waals surface area contributed by atoms with Gasteiger partial charge in [0.2, 0.25) is 0 Å². The molecular formula is C12H13IO2. The van der Waals surface area contributed by atoms with Crippen LogP contribution in [0.5, 0.6) is 0 Å². The van der Waals surface area contributed by atoms with Gasteiger partial charge in [0.05, 0.1) is 12.2 Å². The molecule has 0 aliphatic carbocycles. The molecule has 0 spiro atoms. The Morgan fingerprint density at radius 2 is 2.07 bits per heavy atom. The van der Waals surface area contributed by atoms with Crippen molar-refractivity contribution in [1.29, 1.82) is 0 Å². The lowest BCUT2D eigenvalue weighted by atomic mass is 10.2. The van der Waals surface area contributed by atoms with Crippen molar-refractivity contribution >= 4 is 28.6 Å². The zero-order chi connectivity index (χ0) is 10.9. The van der Waals surface area contributed by atoms with Crippen molar-refractivity contribution in [3.63, 3.8) is 0 Å². The maximum Gasteiger partial charge on any atom is 0.338 e. The highest BCUT2D eigenvalue weighted by Gasteiger charge is 2.04. The van der Waals surface area contributed by atoms with E-state index in [0.29, 0.717) is 12.2 Å². The van der Waals surface area contributed by atoms with Gasteiger partial charge in [-0.2, -0.15) is 0 Å². The third-order valence-corrected chi connectivity index (χ3v) is 2.36. The molecule has 80 valence electrons. The van der Waals surface area contributed by atoms with Gasteiger partial charge in [-0.1, -0.05) is 46.9 Å². The second-order valence-corrected chi connectivity index (χ2v) is 3.73. The molecule has 0 aromatic heterocycles. The maximum absolute atomic E-state index is 11.4. The summed E-state index contributed by atoms with van der Waals surface area (Å²) in [5.74, 6) is -0.242. The molecule has 0 radical (unpaired) electrons. The highest BCUT2D eigenvalue weighted by atomic mass is 127. The first kappa shape index (κ1) is 12.2. The summed E-state index contributed by atoms with van der Waals surface area (Å²) in [5, 5.41) is 0. The summed E-state index contributed by atoms with van der Waals surface area (Å²) in [6.07, 6.45) is 3.87. The van der Waals surface area contributed by atoms with Crippen LogP contribution in [0, 0.1) is 0 Å². The molecule has 0 saturated carbocycles. The summed E-state index contributed by atoms with van der Waals surface area (Å²) < 4.78 is 7.07. The molecule has 0 N–H and O–H groups in total. The summed E-state index contributed by atoms with van der Waals surface area (Å²) >= 11 is 2.17. The molecule has 15 heavy (non-hydrogen) atoms. The van der Waals surface area contributed by atoms with Crippen LogP contribution in [-0.4, -0.2) is 12.6 Å². The van der Waals surface area contributed by atoms with E-state index < -0.39 is 0 Å². The number of esters is 1. The molecule has 1 rings (SSSR count). The zero-order valence-electron chi connectivity index (χ0n) is 8.36. The van der Waals surface area contributed by atoms with Gasteiger partial charge in [-0.15, -0.1) is 0 Å². The topological polar surface area (TPSA) is 26.3 Å². The molecule has 0 atom stereocenters. The van der Waals surface area contributed by atoms with E-state index in [1.165, 1.54) is 0 Å². The Balaban J connectivity index is 2.25. The number of allylic oxidation sites excluding steroid dienone is 1. The standard InChI is InChI=1S/C12H13IO2/c13-9-5-2-6-10-15-12(14)11-7-3-1-4-8-11/h1,3-5,7-9H,2,6,10H2/b9-5+. The van der Waals surface area contributed by atoms with E-state index >= 15 is 0 Å². The molecule has 0 heterocycles. The van der Waals surface area contributed by atoms with Crippen LogP contribution >= 0.6 is 22.6 Å². The zero-order valence-corrected chi connectivity index (χ0v) is 10.5. The SMILES string of the molecule is O=C(OCCC/C=C/I)c1ccccc1. The number of benzene rings is 1. The van der Waals surface area contributed by atoms with Gasteiger partial charge in [0.25, 0.3) is 0 Å². The highest BCUT2D eigenvalue weighted by Crippen LogP contribution is 2.02. The number of carbonyl (C=O) groups is 1. The highest BCUT2D eigenvalue weighted by molar-refractivity contribution is 14.1. The van der Waals surface area contributed by atoms with Crippen LogP contribution in [0.2, 0.25) is 0 Å². The van der Waals surface area contributed by atoms with Gasteiger partial charge in [0.1, 0.15) is 0 Å². The molecule has 0 aliphatic heterocycles. The van der Waals surface area contributed by atoms with Crippen molar-refractivity contribution < 1.29 is 9.53 Å². The summed E-state index contributed by atoms with van der Waals surface area (Å²) in [4.78, 5) is 11.4. The van der Waals surface area contributed by atoms with Gasteiger partial charge >= 0.3 is 5.97 Å². The summed E-state index contributed by atoms with van der Waals surface area (Å²) in [7, 11) is 0. The predicted octanol–water partition coefficient (Wildman–Crippen LogP) is 3.57. The molecule has 0 aliphatic rings. The van der Waals surface area contributed by atoms with Gasteiger partial charge in [-0.3, -0.25) is 0 Å². The van der Waals surface area contributed by atoms with E-state index in [9.17, 15) is 4.79 Å². The quantitative estimate of drug-likeness (QED) is 0.471. The molecular weight excluding hydrogens is 303 g/mol. The lowest BCUT2D eigenvalue weighted by Crippen LogP contribution is -2.05. The van der Waals surface area contributed by atoms with Gasteiger partial charge in [0, 0.05) is 0 Å². The van der Waals surface area contributed by atoms with Gasteiger partial charge in [0.15, 0.2) is 0 Å². The summed E-state index contributed by atoms with van der Waals surface area (Å²) in [5.41, 5.74) is 0.613. The number of unbranched alkanes of at least 4 members (excludes halogenated alkanes) is 1. The molecule has 0 unspecified atom stereocenters. The first-order valence-corrected chi connectivity index (χ1v) is 6.06. The Morgan fingerprint density at radius 1 is 1.33 bits per heavy atom. The number of carbonyl (C=O) groups excluding carboxylic acids is 1. The first-order valence-electron chi connectivity index (χ1n) is 4.82. The van der Waals surface area contributed by atoms with Crippen LogP contribution in [0.25, 0.3) is 0 Å². The maximum atomic E-state index is 11.4. The first-order chi connectivity index (χ1) is 7.34. The lowest BCUT2D eigenvalue weighted by molar-refractivity contribution is 0.0501. The Morgan fingerprint density at radius 3 is 2.73 bits per heavy atom. The molecule has 2 nitrogen and oxygen atoms in total. The predicted molar refractivity (Wildman–Crippen MR) is 69.1 cm³/mol. The number of halogens is 1. The normalized spacial score (nSPS) is 10.5. The average Bonchev–Trinajstić information content (AvgIpc) is 2.30. The van der Waals surface area contributed by atoms with Crippen molar-refractivity contribution in [1.82, 2.24) is 0 Å². The summed E-state index contributed by atoms with van der Waals surface area (Å²) in [6.45, 7) is 0.481. The fourth-order valence-electron chi connectivity index (χ4n) is 1.09. The van der Waals surface area contributed by atoms with E-state index in [1.807, 2.05) is 22.3 Å². The fourth-order valence-corrected chi connectivity index (χ4v) is 1.45. The smallest absolute Gasteiger partial charge is 0.338 e. The summed E-state index contributed by atoms with van der Waals surface area (Å²) in [6, 6.07) is 9.05. The van der Waals surface area contributed by atoms with Gasteiger partial charge < -0.3 is 4.74 Å². The third kappa shape index (κ3) is 4.97. The number of hydrogen-bond acceptors (Lipinski definition) is 2. The minimum atomic E-state index is -0.242.